The molecule has 1 aliphatic rings. The number of ether oxygens (including phenoxy) is 1. The lowest BCUT2D eigenvalue weighted by Gasteiger charge is -2.23. The molecule has 8 heteroatoms. The summed E-state index contributed by atoms with van der Waals surface area (Å²) in [5, 5.41) is 7.81. The molecule has 1 aromatic rings. The molecule has 1 aromatic carbocycles. The summed E-state index contributed by atoms with van der Waals surface area (Å²) in [5.74, 6) is 0.438. The SMILES string of the molecule is COc1ccc(NC(=O)[C@@H]2CCCN2CC(=O)NC(=O)NCC(C)C)cc1. The third kappa shape index (κ3) is 6.56. The highest BCUT2D eigenvalue weighted by Crippen LogP contribution is 2.20. The van der Waals surface area contributed by atoms with E-state index in [1.165, 1.54) is 0 Å². The molecule has 1 aliphatic heterocycles. The van der Waals surface area contributed by atoms with Gasteiger partial charge in [0.15, 0.2) is 0 Å². The topological polar surface area (TPSA) is 99.8 Å². The number of carbonyl (C=O) groups is 3. The van der Waals surface area contributed by atoms with Gasteiger partial charge in [-0.3, -0.25) is 19.8 Å². The van der Waals surface area contributed by atoms with E-state index in [1.807, 2.05) is 13.8 Å². The summed E-state index contributed by atoms with van der Waals surface area (Å²) >= 11 is 0. The first-order valence-electron chi connectivity index (χ1n) is 9.15. The first kappa shape index (κ1) is 20.7. The third-order valence-corrected chi connectivity index (χ3v) is 4.29. The minimum Gasteiger partial charge on any atom is -0.497 e. The van der Waals surface area contributed by atoms with Gasteiger partial charge in [-0.1, -0.05) is 13.8 Å². The number of benzene rings is 1. The summed E-state index contributed by atoms with van der Waals surface area (Å²) in [7, 11) is 1.58. The van der Waals surface area contributed by atoms with Crippen molar-refractivity contribution in [2.24, 2.45) is 5.92 Å². The quantitative estimate of drug-likeness (QED) is 0.671. The lowest BCUT2D eigenvalue weighted by molar-refractivity contribution is -0.124. The number of carbonyl (C=O) groups excluding carboxylic acids is 3. The average molecular weight is 376 g/mol. The first-order chi connectivity index (χ1) is 12.9. The Labute approximate surface area is 159 Å². The van der Waals surface area contributed by atoms with Gasteiger partial charge in [0.2, 0.25) is 11.8 Å². The van der Waals surface area contributed by atoms with E-state index in [0.717, 1.165) is 6.42 Å². The maximum absolute atomic E-state index is 12.6. The van der Waals surface area contributed by atoms with Crippen molar-refractivity contribution in [1.82, 2.24) is 15.5 Å². The zero-order valence-electron chi connectivity index (χ0n) is 16.1. The van der Waals surface area contributed by atoms with Crippen LogP contribution in [0.2, 0.25) is 0 Å². The lowest BCUT2D eigenvalue weighted by Crippen LogP contribution is -2.48. The number of urea groups is 1. The van der Waals surface area contributed by atoms with Gasteiger partial charge < -0.3 is 15.4 Å². The van der Waals surface area contributed by atoms with Crippen molar-refractivity contribution in [3.05, 3.63) is 24.3 Å². The van der Waals surface area contributed by atoms with Crippen LogP contribution in [-0.2, 0) is 9.59 Å². The van der Waals surface area contributed by atoms with Crippen molar-refractivity contribution >= 4 is 23.5 Å². The van der Waals surface area contributed by atoms with E-state index in [2.05, 4.69) is 16.0 Å². The molecule has 2 rings (SSSR count). The van der Waals surface area contributed by atoms with Crippen LogP contribution in [0.5, 0.6) is 5.75 Å². The largest absolute Gasteiger partial charge is 0.497 e. The molecule has 0 radical (unpaired) electrons. The van der Waals surface area contributed by atoms with E-state index in [-0.39, 0.29) is 12.5 Å². The minimum atomic E-state index is -0.507. The Balaban J connectivity index is 1.85. The van der Waals surface area contributed by atoms with Gasteiger partial charge in [-0.05, 0) is 49.6 Å². The molecule has 0 bridgehead atoms. The van der Waals surface area contributed by atoms with Crippen LogP contribution in [0.25, 0.3) is 0 Å². The molecule has 0 spiro atoms. The molecular weight excluding hydrogens is 348 g/mol. The fourth-order valence-corrected chi connectivity index (χ4v) is 2.90. The highest BCUT2D eigenvalue weighted by molar-refractivity contribution is 5.97. The molecule has 1 atom stereocenters. The number of hydrogen-bond donors (Lipinski definition) is 3. The Hall–Kier alpha value is -2.61. The van der Waals surface area contributed by atoms with Crippen molar-refractivity contribution in [3.8, 4) is 5.75 Å². The van der Waals surface area contributed by atoms with Crippen molar-refractivity contribution in [3.63, 3.8) is 0 Å². The van der Waals surface area contributed by atoms with Gasteiger partial charge in [0.05, 0.1) is 19.7 Å². The monoisotopic (exact) mass is 376 g/mol. The Bertz CT molecular complexity index is 660. The molecule has 0 unspecified atom stereocenters. The number of imide groups is 1. The Morgan fingerprint density at radius 3 is 2.56 bits per heavy atom. The van der Waals surface area contributed by atoms with Gasteiger partial charge in [-0.15, -0.1) is 0 Å². The number of hydrogen-bond acceptors (Lipinski definition) is 5. The molecule has 3 N–H and O–H groups in total. The van der Waals surface area contributed by atoms with Gasteiger partial charge >= 0.3 is 6.03 Å². The van der Waals surface area contributed by atoms with Crippen LogP contribution in [-0.4, -0.2) is 55.5 Å². The predicted octanol–water partition coefficient (Wildman–Crippen LogP) is 1.58. The molecule has 0 aromatic heterocycles. The van der Waals surface area contributed by atoms with Gasteiger partial charge in [-0.2, -0.15) is 0 Å². The predicted molar refractivity (Wildman–Crippen MR) is 103 cm³/mol. The first-order valence-corrected chi connectivity index (χ1v) is 9.15. The molecule has 0 aliphatic carbocycles. The molecular formula is C19H28N4O4. The van der Waals surface area contributed by atoms with Crippen molar-refractivity contribution in [2.45, 2.75) is 32.7 Å². The van der Waals surface area contributed by atoms with Crippen LogP contribution < -0.4 is 20.7 Å². The van der Waals surface area contributed by atoms with E-state index in [9.17, 15) is 14.4 Å². The van der Waals surface area contributed by atoms with E-state index in [4.69, 9.17) is 4.74 Å². The second-order valence-corrected chi connectivity index (χ2v) is 7.00. The summed E-state index contributed by atoms with van der Waals surface area (Å²) in [4.78, 5) is 38.1. The van der Waals surface area contributed by atoms with Crippen LogP contribution in [0.4, 0.5) is 10.5 Å². The molecule has 1 heterocycles. The second kappa shape index (κ2) is 9.91. The average Bonchev–Trinajstić information content (AvgIpc) is 3.08. The molecule has 1 fully saturated rings. The number of amides is 4. The molecule has 0 saturated carbocycles. The van der Waals surface area contributed by atoms with Gasteiger partial charge in [0, 0.05) is 12.2 Å². The zero-order chi connectivity index (χ0) is 19.8. The second-order valence-electron chi connectivity index (χ2n) is 7.00. The third-order valence-electron chi connectivity index (χ3n) is 4.29. The van der Waals surface area contributed by atoms with Crippen molar-refractivity contribution < 1.29 is 19.1 Å². The number of likely N-dealkylation sites (tertiary alicyclic amines) is 1. The number of anilines is 1. The molecule has 148 valence electrons. The highest BCUT2D eigenvalue weighted by Gasteiger charge is 2.32. The number of methoxy groups -OCH3 is 1. The summed E-state index contributed by atoms with van der Waals surface area (Å²) in [6.45, 7) is 5.09. The fourth-order valence-electron chi connectivity index (χ4n) is 2.90. The van der Waals surface area contributed by atoms with Gasteiger partial charge in [0.25, 0.3) is 0 Å². The summed E-state index contributed by atoms with van der Waals surface area (Å²) < 4.78 is 5.10. The van der Waals surface area contributed by atoms with Crippen LogP contribution in [0, 0.1) is 5.92 Å². The molecule has 4 amide bonds. The molecule has 8 nitrogen and oxygen atoms in total. The highest BCUT2D eigenvalue weighted by atomic mass is 16.5. The number of rotatable bonds is 7. The summed E-state index contributed by atoms with van der Waals surface area (Å²) in [6, 6.07) is 6.17. The molecule has 27 heavy (non-hydrogen) atoms. The Kier molecular flexibility index (Phi) is 7.60. The van der Waals surface area contributed by atoms with Crippen LogP contribution in [0.3, 0.4) is 0 Å². The van der Waals surface area contributed by atoms with E-state index < -0.39 is 18.0 Å². The smallest absolute Gasteiger partial charge is 0.321 e. The van der Waals surface area contributed by atoms with E-state index in [0.29, 0.717) is 36.9 Å². The fraction of sp³-hybridized carbons (Fsp3) is 0.526. The zero-order valence-corrected chi connectivity index (χ0v) is 16.1. The maximum Gasteiger partial charge on any atom is 0.321 e. The standard InChI is InChI=1S/C19H28N4O4/c1-13(2)11-20-19(26)22-17(24)12-23-10-4-5-16(23)18(25)21-14-6-8-15(27-3)9-7-14/h6-9,13,16H,4-5,10-12H2,1-3H3,(H,21,25)(H2,20,22,24,26)/t16-/m0/s1. The molecule has 1 saturated heterocycles. The van der Waals surface area contributed by atoms with Crippen molar-refractivity contribution in [2.75, 3.05) is 32.1 Å². The Morgan fingerprint density at radius 1 is 1.22 bits per heavy atom. The lowest BCUT2D eigenvalue weighted by atomic mass is 10.2. The summed E-state index contributed by atoms with van der Waals surface area (Å²) in [5.41, 5.74) is 0.671. The van der Waals surface area contributed by atoms with E-state index in [1.54, 1.807) is 36.3 Å². The summed E-state index contributed by atoms with van der Waals surface area (Å²) in [6.07, 6.45) is 1.50. The minimum absolute atomic E-state index is 0.00972. The van der Waals surface area contributed by atoms with E-state index >= 15 is 0 Å². The van der Waals surface area contributed by atoms with Crippen LogP contribution in [0.15, 0.2) is 24.3 Å². The van der Waals surface area contributed by atoms with Gasteiger partial charge in [0.1, 0.15) is 5.75 Å². The Morgan fingerprint density at radius 2 is 1.93 bits per heavy atom. The number of nitrogens with one attached hydrogen (secondary N) is 3. The maximum atomic E-state index is 12.6. The van der Waals surface area contributed by atoms with Crippen LogP contribution in [0.1, 0.15) is 26.7 Å². The number of nitrogens with zero attached hydrogens (tertiary/aromatic N) is 1. The normalized spacial score (nSPS) is 16.8. The van der Waals surface area contributed by atoms with Crippen LogP contribution >= 0.6 is 0 Å². The van der Waals surface area contributed by atoms with Gasteiger partial charge in [-0.25, -0.2) is 4.79 Å². The van der Waals surface area contributed by atoms with Crippen molar-refractivity contribution in [1.29, 1.82) is 0 Å².